The Labute approximate surface area is 140 Å². The van der Waals surface area contributed by atoms with Crippen LogP contribution in [0.2, 0.25) is 0 Å². The number of hydrogen-bond acceptors (Lipinski definition) is 3. The predicted octanol–water partition coefficient (Wildman–Crippen LogP) is 3.74. The van der Waals surface area contributed by atoms with Gasteiger partial charge < -0.3 is 15.4 Å². The van der Waals surface area contributed by atoms with Crippen LogP contribution in [0.5, 0.6) is 11.5 Å². The zero-order chi connectivity index (χ0) is 17.1. The molecule has 1 aliphatic rings. The van der Waals surface area contributed by atoms with Crippen LogP contribution in [0.4, 0.5) is 5.69 Å². The Balaban J connectivity index is 1.86. The summed E-state index contributed by atoms with van der Waals surface area (Å²) in [5, 5.41) is 5.63. The van der Waals surface area contributed by atoms with Crippen molar-refractivity contribution in [2.45, 2.75) is 13.8 Å². The largest absolute Gasteiger partial charge is 0.454 e. The van der Waals surface area contributed by atoms with Gasteiger partial charge in [-0.2, -0.15) is 0 Å². The molecule has 0 saturated carbocycles. The standard InChI is InChI=1S/C19H18N2O3/c1-3-12(2)11-20-18(22)13-8-9-17-15(10-13)21-19(23)14-6-4-5-7-16(14)24-17/h3-10H,11H2,1-2H3,(H,20,22)(H,21,23)/b12-3+. The van der Waals surface area contributed by atoms with Crippen LogP contribution in [-0.4, -0.2) is 18.4 Å². The summed E-state index contributed by atoms with van der Waals surface area (Å²) in [5.74, 6) is 0.547. The van der Waals surface area contributed by atoms with Crippen molar-refractivity contribution in [1.82, 2.24) is 5.32 Å². The number of para-hydroxylation sites is 1. The zero-order valence-electron chi connectivity index (χ0n) is 13.6. The molecule has 1 heterocycles. The minimum Gasteiger partial charge on any atom is -0.454 e. The van der Waals surface area contributed by atoms with Gasteiger partial charge >= 0.3 is 0 Å². The Morgan fingerprint density at radius 1 is 1.21 bits per heavy atom. The smallest absolute Gasteiger partial charge is 0.259 e. The third-order valence-corrected chi connectivity index (χ3v) is 3.86. The number of carbonyl (C=O) groups excluding carboxylic acids is 2. The molecule has 0 fully saturated rings. The second-order valence-electron chi connectivity index (χ2n) is 5.58. The molecule has 2 aromatic carbocycles. The Morgan fingerprint density at radius 3 is 2.79 bits per heavy atom. The van der Waals surface area contributed by atoms with Gasteiger partial charge in [0.25, 0.3) is 11.8 Å². The fourth-order valence-electron chi connectivity index (χ4n) is 2.33. The summed E-state index contributed by atoms with van der Waals surface area (Å²) < 4.78 is 5.80. The maximum atomic E-state index is 12.3. The van der Waals surface area contributed by atoms with Crippen molar-refractivity contribution in [2.24, 2.45) is 0 Å². The maximum absolute atomic E-state index is 12.3. The molecule has 5 nitrogen and oxygen atoms in total. The Hall–Kier alpha value is -3.08. The van der Waals surface area contributed by atoms with E-state index in [0.717, 1.165) is 5.57 Å². The van der Waals surface area contributed by atoms with Crippen molar-refractivity contribution in [3.63, 3.8) is 0 Å². The molecule has 0 atom stereocenters. The first kappa shape index (κ1) is 15.8. The topological polar surface area (TPSA) is 67.4 Å². The van der Waals surface area contributed by atoms with Gasteiger partial charge in [-0.15, -0.1) is 0 Å². The molecule has 2 amide bonds. The summed E-state index contributed by atoms with van der Waals surface area (Å²) in [6, 6.07) is 12.0. The second kappa shape index (κ2) is 6.58. The molecule has 122 valence electrons. The maximum Gasteiger partial charge on any atom is 0.259 e. The van der Waals surface area contributed by atoms with Crippen molar-refractivity contribution >= 4 is 17.5 Å². The second-order valence-corrected chi connectivity index (χ2v) is 5.58. The number of anilines is 1. The third kappa shape index (κ3) is 3.15. The van der Waals surface area contributed by atoms with E-state index in [1.807, 2.05) is 26.0 Å². The van der Waals surface area contributed by atoms with E-state index in [1.54, 1.807) is 36.4 Å². The van der Waals surface area contributed by atoms with E-state index in [9.17, 15) is 9.59 Å². The summed E-state index contributed by atoms with van der Waals surface area (Å²) in [7, 11) is 0. The Morgan fingerprint density at radius 2 is 2.00 bits per heavy atom. The van der Waals surface area contributed by atoms with E-state index in [4.69, 9.17) is 4.74 Å². The Kier molecular flexibility index (Phi) is 4.33. The number of ether oxygens (including phenoxy) is 1. The highest BCUT2D eigenvalue weighted by molar-refractivity contribution is 6.08. The van der Waals surface area contributed by atoms with Gasteiger partial charge in [0.1, 0.15) is 5.75 Å². The van der Waals surface area contributed by atoms with Crippen LogP contribution < -0.4 is 15.4 Å². The minimum absolute atomic E-state index is 0.199. The first-order valence-corrected chi connectivity index (χ1v) is 7.71. The summed E-state index contributed by atoms with van der Waals surface area (Å²) in [5.41, 5.74) is 2.48. The van der Waals surface area contributed by atoms with Gasteiger partial charge in [-0.25, -0.2) is 0 Å². The fourth-order valence-corrected chi connectivity index (χ4v) is 2.33. The average molecular weight is 322 g/mol. The summed E-state index contributed by atoms with van der Waals surface area (Å²) in [4.78, 5) is 24.5. The molecule has 0 aliphatic carbocycles. The van der Waals surface area contributed by atoms with Gasteiger partial charge in [-0.1, -0.05) is 23.8 Å². The molecule has 5 heteroatoms. The molecule has 0 aromatic heterocycles. The van der Waals surface area contributed by atoms with Crippen LogP contribution in [0.3, 0.4) is 0 Å². The number of allylic oxidation sites excluding steroid dienone is 1. The van der Waals surface area contributed by atoms with Gasteiger partial charge in [0.05, 0.1) is 11.3 Å². The molecule has 0 spiro atoms. The van der Waals surface area contributed by atoms with E-state index < -0.39 is 0 Å². The first-order chi connectivity index (χ1) is 11.6. The lowest BCUT2D eigenvalue weighted by Gasteiger charge is -2.10. The molecule has 1 aliphatic heterocycles. The Bertz CT molecular complexity index is 840. The van der Waals surface area contributed by atoms with Crippen LogP contribution in [0, 0.1) is 0 Å². The lowest BCUT2D eigenvalue weighted by atomic mass is 10.1. The monoisotopic (exact) mass is 322 g/mol. The van der Waals surface area contributed by atoms with Gasteiger partial charge in [0.2, 0.25) is 0 Å². The highest BCUT2D eigenvalue weighted by Gasteiger charge is 2.21. The average Bonchev–Trinajstić information content (AvgIpc) is 2.74. The normalized spacial score (nSPS) is 13.1. The van der Waals surface area contributed by atoms with Gasteiger partial charge in [-0.3, -0.25) is 9.59 Å². The SMILES string of the molecule is C/C=C(\C)CNC(=O)c1ccc2c(c1)NC(=O)c1ccccc1O2. The summed E-state index contributed by atoms with van der Waals surface area (Å²) >= 11 is 0. The van der Waals surface area contributed by atoms with Crippen molar-refractivity contribution in [3.05, 3.63) is 65.2 Å². The van der Waals surface area contributed by atoms with E-state index in [-0.39, 0.29) is 11.8 Å². The molecule has 0 saturated heterocycles. The zero-order valence-corrected chi connectivity index (χ0v) is 13.6. The van der Waals surface area contributed by atoms with Crippen LogP contribution in [0.15, 0.2) is 54.1 Å². The van der Waals surface area contributed by atoms with Crippen LogP contribution in [-0.2, 0) is 0 Å². The highest BCUT2D eigenvalue weighted by Crippen LogP contribution is 2.35. The molecule has 24 heavy (non-hydrogen) atoms. The number of rotatable bonds is 3. The number of benzene rings is 2. The number of nitrogens with one attached hydrogen (secondary N) is 2. The van der Waals surface area contributed by atoms with Crippen LogP contribution in [0.1, 0.15) is 34.6 Å². The molecule has 2 aromatic rings. The summed E-state index contributed by atoms with van der Waals surface area (Å²) in [6.07, 6.45) is 1.95. The lowest BCUT2D eigenvalue weighted by molar-refractivity contribution is 0.0955. The lowest BCUT2D eigenvalue weighted by Crippen LogP contribution is -2.25. The number of hydrogen-bond donors (Lipinski definition) is 2. The molecule has 0 unspecified atom stereocenters. The van der Waals surface area contributed by atoms with Crippen molar-refractivity contribution in [3.8, 4) is 11.5 Å². The predicted molar refractivity (Wildman–Crippen MR) is 92.7 cm³/mol. The van der Waals surface area contributed by atoms with E-state index in [0.29, 0.717) is 34.9 Å². The third-order valence-electron chi connectivity index (χ3n) is 3.86. The van der Waals surface area contributed by atoms with Crippen LogP contribution >= 0.6 is 0 Å². The minimum atomic E-state index is -0.258. The van der Waals surface area contributed by atoms with Crippen molar-refractivity contribution in [2.75, 3.05) is 11.9 Å². The number of fused-ring (bicyclic) bond motifs is 2. The van der Waals surface area contributed by atoms with Gasteiger partial charge in [-0.05, 0) is 44.2 Å². The van der Waals surface area contributed by atoms with Crippen molar-refractivity contribution in [1.29, 1.82) is 0 Å². The van der Waals surface area contributed by atoms with Gasteiger partial charge in [0.15, 0.2) is 5.75 Å². The molecule has 3 rings (SSSR count). The number of amides is 2. The van der Waals surface area contributed by atoms with E-state index >= 15 is 0 Å². The molecular formula is C19H18N2O3. The first-order valence-electron chi connectivity index (χ1n) is 7.71. The summed E-state index contributed by atoms with van der Waals surface area (Å²) in [6.45, 7) is 4.36. The van der Waals surface area contributed by atoms with Gasteiger partial charge in [0, 0.05) is 12.1 Å². The molecular weight excluding hydrogens is 304 g/mol. The number of carbonyl (C=O) groups is 2. The highest BCUT2D eigenvalue weighted by atomic mass is 16.5. The fraction of sp³-hybridized carbons (Fsp3) is 0.158. The quantitative estimate of drug-likeness (QED) is 0.846. The van der Waals surface area contributed by atoms with E-state index in [1.165, 1.54) is 0 Å². The van der Waals surface area contributed by atoms with E-state index in [2.05, 4.69) is 10.6 Å². The van der Waals surface area contributed by atoms with Crippen molar-refractivity contribution < 1.29 is 14.3 Å². The molecule has 2 N–H and O–H groups in total. The molecule has 0 radical (unpaired) electrons. The van der Waals surface area contributed by atoms with Crippen LogP contribution in [0.25, 0.3) is 0 Å². The molecule has 0 bridgehead atoms.